The number of hydrogen-bond acceptors (Lipinski definition) is 3. The molecule has 18 heavy (non-hydrogen) atoms. The lowest BCUT2D eigenvalue weighted by molar-refractivity contribution is 0.0105. The number of nitrogen functional groups attached to an aromatic ring is 1. The molecule has 0 bridgehead atoms. The van der Waals surface area contributed by atoms with Crippen LogP contribution in [0.2, 0.25) is 0 Å². The van der Waals surface area contributed by atoms with E-state index in [9.17, 15) is 4.39 Å². The molecular formula is C13H17FN2O2. The molecule has 0 aliphatic carbocycles. The zero-order valence-corrected chi connectivity index (χ0v) is 10.1. The topological polar surface area (TPSA) is 68.3 Å². The first kappa shape index (κ1) is 13.0. The minimum absolute atomic E-state index is 0.148. The van der Waals surface area contributed by atoms with Crippen LogP contribution in [0.5, 0.6) is 0 Å². The van der Waals surface area contributed by atoms with E-state index in [-0.39, 0.29) is 11.9 Å². The van der Waals surface area contributed by atoms with Gasteiger partial charge in [0.2, 0.25) is 0 Å². The van der Waals surface area contributed by atoms with Gasteiger partial charge in [-0.2, -0.15) is 0 Å². The van der Waals surface area contributed by atoms with Gasteiger partial charge in [0.1, 0.15) is 11.7 Å². The highest BCUT2D eigenvalue weighted by atomic mass is 19.1. The molecule has 1 aromatic rings. The highest BCUT2D eigenvalue weighted by Crippen LogP contribution is 2.15. The van der Waals surface area contributed by atoms with E-state index in [1.54, 1.807) is 6.07 Å². The third-order valence-electron chi connectivity index (χ3n) is 2.95. The minimum Gasteiger partial charge on any atom is -0.384 e. The number of halogens is 1. The van der Waals surface area contributed by atoms with Gasteiger partial charge in [-0.15, -0.1) is 0 Å². The first-order valence-corrected chi connectivity index (χ1v) is 5.99. The number of nitrogens with one attached hydrogen (secondary N) is 1. The predicted molar refractivity (Wildman–Crippen MR) is 66.0 cm³/mol. The van der Waals surface area contributed by atoms with E-state index in [2.05, 4.69) is 0 Å². The van der Waals surface area contributed by atoms with E-state index in [0.29, 0.717) is 18.8 Å². The van der Waals surface area contributed by atoms with Gasteiger partial charge >= 0.3 is 0 Å². The summed E-state index contributed by atoms with van der Waals surface area (Å²) in [6, 6.07) is 4.20. The molecule has 1 aromatic carbocycles. The molecule has 0 spiro atoms. The van der Waals surface area contributed by atoms with Gasteiger partial charge in [-0.25, -0.2) is 4.39 Å². The van der Waals surface area contributed by atoms with Crippen LogP contribution in [-0.4, -0.2) is 25.2 Å². The summed E-state index contributed by atoms with van der Waals surface area (Å²) in [6.07, 6.45) is 2.25. The Hall–Kier alpha value is -1.46. The first-order valence-electron chi connectivity index (χ1n) is 5.99. The molecule has 98 valence electrons. The molecule has 4 nitrogen and oxygen atoms in total. The van der Waals surface area contributed by atoms with Crippen LogP contribution < -0.4 is 5.73 Å². The van der Waals surface area contributed by atoms with Gasteiger partial charge in [0.15, 0.2) is 0 Å². The number of hydrogen-bond donors (Lipinski definition) is 2. The molecule has 3 N–H and O–H groups in total. The summed E-state index contributed by atoms with van der Waals surface area (Å²) in [5.41, 5.74) is 6.53. The van der Waals surface area contributed by atoms with Crippen LogP contribution in [-0.2, 0) is 16.1 Å². The Bertz CT molecular complexity index is 431. The number of ether oxygens (including phenoxy) is 2. The lowest BCUT2D eigenvalue weighted by atomic mass is 10.1. The molecule has 1 unspecified atom stereocenters. The molecule has 2 rings (SSSR count). The second kappa shape index (κ2) is 5.93. The van der Waals surface area contributed by atoms with Crippen molar-refractivity contribution in [3.05, 3.63) is 35.1 Å². The molecule has 5 heteroatoms. The normalized spacial score (nSPS) is 19.1. The van der Waals surface area contributed by atoms with E-state index in [1.165, 1.54) is 12.1 Å². The summed E-state index contributed by atoms with van der Waals surface area (Å²) in [7, 11) is 0. The fraction of sp³-hybridized carbons (Fsp3) is 0.462. The molecule has 1 fully saturated rings. The van der Waals surface area contributed by atoms with Crippen LogP contribution in [0.3, 0.4) is 0 Å². The number of benzene rings is 1. The monoisotopic (exact) mass is 252 g/mol. The SMILES string of the molecule is N=C(N)c1cc(F)ccc1COCC1CCCO1. The van der Waals surface area contributed by atoms with Crippen LogP contribution in [0.1, 0.15) is 24.0 Å². The fourth-order valence-electron chi connectivity index (χ4n) is 2.00. The maximum atomic E-state index is 13.1. The zero-order chi connectivity index (χ0) is 13.0. The van der Waals surface area contributed by atoms with Gasteiger partial charge in [-0.1, -0.05) is 6.07 Å². The van der Waals surface area contributed by atoms with E-state index in [0.717, 1.165) is 25.0 Å². The quantitative estimate of drug-likeness (QED) is 0.620. The Labute approximate surface area is 105 Å². The molecule has 1 saturated heterocycles. The molecule has 1 heterocycles. The van der Waals surface area contributed by atoms with Gasteiger partial charge in [-0.05, 0) is 30.5 Å². The smallest absolute Gasteiger partial charge is 0.123 e. The third-order valence-corrected chi connectivity index (χ3v) is 2.95. The molecule has 1 aliphatic rings. The van der Waals surface area contributed by atoms with Crippen molar-refractivity contribution >= 4 is 5.84 Å². The Morgan fingerprint density at radius 3 is 3.06 bits per heavy atom. The Morgan fingerprint density at radius 2 is 2.39 bits per heavy atom. The van der Waals surface area contributed by atoms with Gasteiger partial charge in [0.25, 0.3) is 0 Å². The Balaban J connectivity index is 1.93. The van der Waals surface area contributed by atoms with Crippen LogP contribution in [0.4, 0.5) is 4.39 Å². The largest absolute Gasteiger partial charge is 0.384 e. The highest BCUT2D eigenvalue weighted by molar-refractivity contribution is 5.96. The van der Waals surface area contributed by atoms with E-state index in [1.807, 2.05) is 0 Å². The summed E-state index contributed by atoms with van der Waals surface area (Å²) in [6.45, 7) is 1.63. The number of nitrogens with two attached hydrogens (primary N) is 1. The summed E-state index contributed by atoms with van der Waals surface area (Å²) in [4.78, 5) is 0. The summed E-state index contributed by atoms with van der Waals surface area (Å²) < 4.78 is 24.0. The number of amidine groups is 1. The van der Waals surface area contributed by atoms with Crippen LogP contribution in [0, 0.1) is 11.2 Å². The molecule has 1 atom stereocenters. The van der Waals surface area contributed by atoms with Crippen LogP contribution in [0.25, 0.3) is 0 Å². The van der Waals surface area contributed by atoms with Crippen molar-refractivity contribution in [3.63, 3.8) is 0 Å². The molecule has 1 aliphatic heterocycles. The first-order chi connectivity index (χ1) is 8.66. The minimum atomic E-state index is -0.400. The summed E-state index contributed by atoms with van der Waals surface area (Å²) in [5, 5.41) is 7.41. The van der Waals surface area contributed by atoms with Crippen LogP contribution in [0.15, 0.2) is 18.2 Å². The second-order valence-electron chi connectivity index (χ2n) is 4.37. The van der Waals surface area contributed by atoms with Crippen molar-refractivity contribution in [2.24, 2.45) is 5.73 Å². The van der Waals surface area contributed by atoms with E-state index in [4.69, 9.17) is 20.6 Å². The van der Waals surface area contributed by atoms with E-state index >= 15 is 0 Å². The van der Waals surface area contributed by atoms with Gasteiger partial charge in [-0.3, -0.25) is 5.41 Å². The van der Waals surface area contributed by atoms with Gasteiger partial charge in [0, 0.05) is 12.2 Å². The van der Waals surface area contributed by atoms with Gasteiger partial charge in [0.05, 0.1) is 19.3 Å². The Morgan fingerprint density at radius 1 is 1.56 bits per heavy atom. The number of rotatable bonds is 5. The van der Waals surface area contributed by atoms with Gasteiger partial charge < -0.3 is 15.2 Å². The summed E-state index contributed by atoms with van der Waals surface area (Å²) >= 11 is 0. The van der Waals surface area contributed by atoms with Crippen molar-refractivity contribution in [1.29, 1.82) is 5.41 Å². The van der Waals surface area contributed by atoms with Crippen molar-refractivity contribution in [2.45, 2.75) is 25.6 Å². The molecule has 0 aromatic heterocycles. The lowest BCUT2D eigenvalue weighted by Gasteiger charge is -2.12. The average Bonchev–Trinajstić information content (AvgIpc) is 2.84. The maximum absolute atomic E-state index is 13.1. The fourth-order valence-corrected chi connectivity index (χ4v) is 2.00. The molecule has 0 saturated carbocycles. The van der Waals surface area contributed by atoms with Crippen molar-refractivity contribution < 1.29 is 13.9 Å². The lowest BCUT2D eigenvalue weighted by Crippen LogP contribution is -2.17. The molecular weight excluding hydrogens is 235 g/mol. The summed E-state index contributed by atoms with van der Waals surface area (Å²) in [5.74, 6) is -0.548. The highest BCUT2D eigenvalue weighted by Gasteiger charge is 2.15. The van der Waals surface area contributed by atoms with Crippen molar-refractivity contribution in [2.75, 3.05) is 13.2 Å². The molecule has 0 radical (unpaired) electrons. The van der Waals surface area contributed by atoms with Crippen LogP contribution >= 0.6 is 0 Å². The van der Waals surface area contributed by atoms with E-state index < -0.39 is 5.82 Å². The molecule has 0 amide bonds. The maximum Gasteiger partial charge on any atom is 0.123 e. The zero-order valence-electron chi connectivity index (χ0n) is 10.1. The van der Waals surface area contributed by atoms with Crippen molar-refractivity contribution in [1.82, 2.24) is 0 Å². The standard InChI is InChI=1S/C13H17FN2O2/c14-10-4-3-9(12(6-10)13(15)16)7-17-8-11-2-1-5-18-11/h3-4,6,11H,1-2,5,7-8H2,(H3,15,16). The second-order valence-corrected chi connectivity index (χ2v) is 4.37. The third kappa shape index (κ3) is 3.27. The average molecular weight is 252 g/mol. The Kier molecular flexibility index (Phi) is 4.28. The van der Waals surface area contributed by atoms with Crippen molar-refractivity contribution in [3.8, 4) is 0 Å². The predicted octanol–water partition coefficient (Wildman–Crippen LogP) is 1.81.